The van der Waals surface area contributed by atoms with Crippen LogP contribution in [-0.4, -0.2) is 31.6 Å². The quantitative estimate of drug-likeness (QED) is 0.899. The molecule has 0 bridgehead atoms. The normalized spacial score (nSPS) is 17.0. The fourth-order valence-corrected chi connectivity index (χ4v) is 4.73. The number of thiazole rings is 1. The number of rotatable bonds is 3. The maximum Gasteiger partial charge on any atom is 0.259 e. The van der Waals surface area contributed by atoms with Gasteiger partial charge in [0.2, 0.25) is 10.0 Å². The zero-order chi connectivity index (χ0) is 16.4. The fraction of sp³-hybridized carbons (Fsp3) is 0.286. The maximum atomic E-state index is 12.3. The maximum absolute atomic E-state index is 12.3. The molecule has 9 heteroatoms. The fourth-order valence-electron chi connectivity index (χ4n) is 2.37. The molecule has 2 heterocycles. The number of sulfonamides is 1. The minimum absolute atomic E-state index is 0.121. The van der Waals surface area contributed by atoms with Crippen molar-refractivity contribution in [3.05, 3.63) is 40.4 Å². The number of hydrogen-bond donors (Lipinski definition) is 1. The summed E-state index contributed by atoms with van der Waals surface area (Å²) in [6.07, 6.45) is 3.03. The van der Waals surface area contributed by atoms with Gasteiger partial charge in [-0.25, -0.2) is 13.4 Å². The van der Waals surface area contributed by atoms with Crippen molar-refractivity contribution >= 4 is 49.7 Å². The summed E-state index contributed by atoms with van der Waals surface area (Å²) < 4.78 is 25.7. The highest BCUT2D eigenvalue weighted by atomic mass is 35.5. The van der Waals surface area contributed by atoms with E-state index in [4.69, 9.17) is 11.6 Å². The Morgan fingerprint density at radius 1 is 1.35 bits per heavy atom. The van der Waals surface area contributed by atoms with Gasteiger partial charge in [0.15, 0.2) is 5.13 Å². The van der Waals surface area contributed by atoms with Crippen molar-refractivity contribution in [3.8, 4) is 0 Å². The van der Waals surface area contributed by atoms with Crippen molar-refractivity contribution in [2.24, 2.45) is 0 Å². The zero-order valence-electron chi connectivity index (χ0n) is 12.0. The monoisotopic (exact) mass is 371 g/mol. The number of halogens is 1. The second-order valence-electron chi connectivity index (χ2n) is 5.05. The standard InChI is InChI=1S/C14H14ClN3O3S2/c15-12-4-3-10(18-6-1-2-8-23(18,20)21)9-11(12)13(19)17-14-16-5-7-22-14/h3-5,7,9H,1-2,6,8H2,(H,16,17,19). The number of carbonyl (C=O) groups excluding carboxylic acids is 1. The highest BCUT2D eigenvalue weighted by Crippen LogP contribution is 2.28. The van der Waals surface area contributed by atoms with Gasteiger partial charge in [0.05, 0.1) is 22.0 Å². The van der Waals surface area contributed by atoms with Gasteiger partial charge in [-0.1, -0.05) is 11.6 Å². The molecule has 0 radical (unpaired) electrons. The first-order valence-electron chi connectivity index (χ1n) is 6.98. The van der Waals surface area contributed by atoms with Crippen LogP contribution >= 0.6 is 22.9 Å². The number of amides is 1. The van der Waals surface area contributed by atoms with Crippen LogP contribution in [0.15, 0.2) is 29.8 Å². The molecule has 1 fully saturated rings. The van der Waals surface area contributed by atoms with E-state index in [9.17, 15) is 13.2 Å². The minimum atomic E-state index is -3.33. The number of nitrogens with one attached hydrogen (secondary N) is 1. The topological polar surface area (TPSA) is 79.4 Å². The Morgan fingerprint density at radius 2 is 2.17 bits per heavy atom. The summed E-state index contributed by atoms with van der Waals surface area (Å²) in [4.78, 5) is 16.3. The predicted molar refractivity (Wildman–Crippen MR) is 91.9 cm³/mol. The largest absolute Gasteiger partial charge is 0.298 e. The lowest BCUT2D eigenvalue weighted by Gasteiger charge is -2.28. The summed E-state index contributed by atoms with van der Waals surface area (Å²) in [6, 6.07) is 4.66. The molecule has 0 atom stereocenters. The van der Waals surface area contributed by atoms with Gasteiger partial charge in [-0.15, -0.1) is 11.3 Å². The molecule has 1 amide bonds. The molecule has 0 spiro atoms. The molecule has 1 saturated heterocycles. The van der Waals surface area contributed by atoms with Crippen molar-refractivity contribution in [2.75, 3.05) is 21.9 Å². The Balaban J connectivity index is 1.91. The van der Waals surface area contributed by atoms with E-state index in [2.05, 4.69) is 10.3 Å². The third kappa shape index (κ3) is 3.49. The Morgan fingerprint density at radius 3 is 2.87 bits per heavy atom. The third-order valence-electron chi connectivity index (χ3n) is 3.48. The number of benzene rings is 1. The molecule has 0 unspecified atom stereocenters. The van der Waals surface area contributed by atoms with Crippen molar-refractivity contribution in [3.63, 3.8) is 0 Å². The predicted octanol–water partition coefficient (Wildman–Crippen LogP) is 2.98. The molecule has 1 aliphatic rings. The van der Waals surface area contributed by atoms with E-state index in [0.717, 1.165) is 6.42 Å². The Labute approximate surface area is 143 Å². The highest BCUT2D eigenvalue weighted by molar-refractivity contribution is 7.92. The lowest BCUT2D eigenvalue weighted by molar-refractivity contribution is 0.102. The number of hydrogen-bond acceptors (Lipinski definition) is 5. The molecule has 0 aliphatic carbocycles. The first-order valence-corrected chi connectivity index (χ1v) is 9.85. The van der Waals surface area contributed by atoms with Crippen molar-refractivity contribution < 1.29 is 13.2 Å². The molecular weight excluding hydrogens is 358 g/mol. The van der Waals surface area contributed by atoms with E-state index < -0.39 is 15.9 Å². The van der Waals surface area contributed by atoms with Gasteiger partial charge >= 0.3 is 0 Å². The van der Waals surface area contributed by atoms with Crippen LogP contribution in [0.2, 0.25) is 5.02 Å². The minimum Gasteiger partial charge on any atom is -0.298 e. The molecule has 1 aromatic carbocycles. The van der Waals surface area contributed by atoms with Crippen LogP contribution in [0, 0.1) is 0 Å². The van der Waals surface area contributed by atoms with Gasteiger partial charge < -0.3 is 0 Å². The van der Waals surface area contributed by atoms with Crippen LogP contribution in [0.3, 0.4) is 0 Å². The molecule has 1 aliphatic heterocycles. The first kappa shape index (κ1) is 16.2. The number of anilines is 2. The molecular formula is C14H14ClN3O3S2. The first-order chi connectivity index (χ1) is 11.0. The van der Waals surface area contributed by atoms with Crippen molar-refractivity contribution in [2.45, 2.75) is 12.8 Å². The number of nitrogens with zero attached hydrogens (tertiary/aromatic N) is 2. The second-order valence-corrected chi connectivity index (χ2v) is 8.37. The van der Waals surface area contributed by atoms with Gasteiger partial charge in [0.1, 0.15) is 0 Å². The average molecular weight is 372 g/mol. The number of carbonyl (C=O) groups is 1. The SMILES string of the molecule is O=C(Nc1nccs1)c1cc(N2CCCCS2(=O)=O)ccc1Cl. The third-order valence-corrected chi connectivity index (χ3v) is 6.37. The van der Waals surface area contributed by atoms with E-state index in [1.165, 1.54) is 27.8 Å². The summed E-state index contributed by atoms with van der Waals surface area (Å²) in [5, 5.41) is 5.11. The summed E-state index contributed by atoms with van der Waals surface area (Å²) in [5.74, 6) is -0.294. The summed E-state index contributed by atoms with van der Waals surface area (Å²) in [5.41, 5.74) is 0.679. The van der Waals surface area contributed by atoms with E-state index in [-0.39, 0.29) is 16.3 Å². The molecule has 122 valence electrons. The van der Waals surface area contributed by atoms with Crippen LogP contribution in [0.25, 0.3) is 0 Å². The molecule has 1 N–H and O–H groups in total. The second kappa shape index (κ2) is 6.46. The van der Waals surface area contributed by atoms with E-state index in [1.807, 2.05) is 0 Å². The summed E-state index contributed by atoms with van der Waals surface area (Å²) in [6.45, 7) is 0.414. The molecule has 1 aromatic heterocycles. The van der Waals surface area contributed by atoms with E-state index >= 15 is 0 Å². The van der Waals surface area contributed by atoms with Crippen LogP contribution in [-0.2, 0) is 10.0 Å². The Hall–Kier alpha value is -1.64. The molecule has 2 aromatic rings. The van der Waals surface area contributed by atoms with Gasteiger partial charge in [-0.2, -0.15) is 0 Å². The van der Waals surface area contributed by atoms with Crippen molar-refractivity contribution in [1.29, 1.82) is 0 Å². The van der Waals surface area contributed by atoms with Gasteiger partial charge in [0.25, 0.3) is 5.91 Å². The molecule has 6 nitrogen and oxygen atoms in total. The molecule has 23 heavy (non-hydrogen) atoms. The summed E-state index contributed by atoms with van der Waals surface area (Å²) >= 11 is 7.39. The smallest absolute Gasteiger partial charge is 0.259 e. The van der Waals surface area contributed by atoms with Gasteiger partial charge in [0, 0.05) is 18.1 Å². The highest BCUT2D eigenvalue weighted by Gasteiger charge is 2.27. The van der Waals surface area contributed by atoms with Crippen LogP contribution in [0.4, 0.5) is 10.8 Å². The molecule has 0 saturated carbocycles. The van der Waals surface area contributed by atoms with Gasteiger partial charge in [-0.05, 0) is 31.0 Å². The van der Waals surface area contributed by atoms with Crippen LogP contribution < -0.4 is 9.62 Å². The Kier molecular flexibility index (Phi) is 4.56. The zero-order valence-corrected chi connectivity index (χ0v) is 14.4. The molecule has 3 rings (SSSR count). The lowest BCUT2D eigenvalue weighted by Crippen LogP contribution is -2.38. The van der Waals surface area contributed by atoms with E-state index in [0.29, 0.717) is 23.8 Å². The summed E-state index contributed by atoms with van der Waals surface area (Å²) in [7, 11) is -3.33. The lowest BCUT2D eigenvalue weighted by atomic mass is 10.2. The van der Waals surface area contributed by atoms with Crippen LogP contribution in [0.5, 0.6) is 0 Å². The Bertz CT molecular complexity index is 822. The van der Waals surface area contributed by atoms with Gasteiger partial charge in [-0.3, -0.25) is 14.4 Å². The van der Waals surface area contributed by atoms with Crippen LogP contribution in [0.1, 0.15) is 23.2 Å². The van der Waals surface area contributed by atoms with E-state index in [1.54, 1.807) is 17.6 Å². The average Bonchev–Trinajstić information content (AvgIpc) is 3.00. The number of aromatic nitrogens is 1. The van der Waals surface area contributed by atoms with Crippen molar-refractivity contribution in [1.82, 2.24) is 4.98 Å².